The van der Waals surface area contributed by atoms with Crippen LogP contribution in [0.25, 0.3) is 0 Å². The Labute approximate surface area is 119 Å². The molecule has 1 saturated carbocycles. The second-order valence-corrected chi connectivity index (χ2v) is 5.88. The lowest BCUT2D eigenvalue weighted by atomic mass is 10.2. The molecule has 0 saturated heterocycles. The zero-order chi connectivity index (χ0) is 13.4. The highest BCUT2D eigenvalue weighted by Gasteiger charge is 2.21. The molecule has 20 heavy (non-hydrogen) atoms. The maximum atomic E-state index is 5.71. The first kappa shape index (κ1) is 12.0. The molecule has 3 nitrogen and oxygen atoms in total. The molecule has 0 atom stereocenters. The second-order valence-electron chi connectivity index (χ2n) is 5.88. The molecule has 1 N–H and O–H groups in total. The number of furan rings is 1. The number of hydrogen-bond donors (Lipinski definition) is 1. The third-order valence-corrected chi connectivity index (χ3v) is 4.21. The van der Waals surface area contributed by atoms with Crippen molar-refractivity contribution in [3.05, 3.63) is 53.5 Å². The Hall–Kier alpha value is -1.74. The molecular weight excluding hydrogens is 248 g/mol. The van der Waals surface area contributed by atoms with Crippen molar-refractivity contribution in [2.45, 2.75) is 38.4 Å². The lowest BCUT2D eigenvalue weighted by Crippen LogP contribution is -2.19. The van der Waals surface area contributed by atoms with Gasteiger partial charge in [0.15, 0.2) is 0 Å². The van der Waals surface area contributed by atoms with Crippen LogP contribution in [-0.4, -0.2) is 12.6 Å². The highest BCUT2D eigenvalue weighted by molar-refractivity contribution is 5.57. The van der Waals surface area contributed by atoms with E-state index in [1.165, 1.54) is 29.7 Å². The molecule has 104 valence electrons. The average Bonchev–Trinajstić information content (AvgIpc) is 3.06. The van der Waals surface area contributed by atoms with Gasteiger partial charge in [-0.2, -0.15) is 0 Å². The molecule has 0 spiro atoms. The van der Waals surface area contributed by atoms with Crippen LogP contribution in [0.2, 0.25) is 0 Å². The Morgan fingerprint density at radius 2 is 2.15 bits per heavy atom. The zero-order valence-electron chi connectivity index (χ0n) is 11.6. The summed E-state index contributed by atoms with van der Waals surface area (Å²) in [6, 6.07) is 11.6. The molecule has 1 aliphatic heterocycles. The molecule has 1 aromatic carbocycles. The van der Waals surface area contributed by atoms with Gasteiger partial charge in [0.2, 0.25) is 0 Å². The lowest BCUT2D eigenvalue weighted by molar-refractivity contribution is 0.501. The summed E-state index contributed by atoms with van der Waals surface area (Å²) in [5.74, 6) is 1.06. The summed E-state index contributed by atoms with van der Waals surface area (Å²) in [6.45, 7) is 2.90. The van der Waals surface area contributed by atoms with Gasteiger partial charge in [-0.3, -0.25) is 0 Å². The van der Waals surface area contributed by atoms with Crippen molar-refractivity contribution >= 4 is 5.69 Å². The van der Waals surface area contributed by atoms with Crippen molar-refractivity contribution in [3.8, 4) is 0 Å². The summed E-state index contributed by atoms with van der Waals surface area (Å²) in [4.78, 5) is 2.41. The Balaban J connectivity index is 1.41. The van der Waals surface area contributed by atoms with E-state index in [2.05, 4.69) is 40.5 Å². The van der Waals surface area contributed by atoms with E-state index in [0.29, 0.717) is 0 Å². The fourth-order valence-electron chi connectivity index (χ4n) is 2.91. The van der Waals surface area contributed by atoms with E-state index in [9.17, 15) is 0 Å². The highest BCUT2D eigenvalue weighted by atomic mass is 16.3. The molecule has 0 radical (unpaired) electrons. The van der Waals surface area contributed by atoms with E-state index < -0.39 is 0 Å². The smallest absolute Gasteiger partial charge is 0.123 e. The Kier molecular flexibility index (Phi) is 3.00. The van der Waals surface area contributed by atoms with E-state index in [1.807, 2.05) is 6.26 Å². The SMILES string of the molecule is c1ccc2c(c1)CCN2Cc1cc(CNC2CC2)co1. The summed E-state index contributed by atoms with van der Waals surface area (Å²) < 4.78 is 5.71. The van der Waals surface area contributed by atoms with E-state index >= 15 is 0 Å². The third kappa shape index (κ3) is 2.46. The molecule has 0 amide bonds. The fraction of sp³-hybridized carbons (Fsp3) is 0.412. The van der Waals surface area contributed by atoms with Crippen LogP contribution in [0.4, 0.5) is 5.69 Å². The molecule has 2 heterocycles. The number of hydrogen-bond acceptors (Lipinski definition) is 3. The van der Waals surface area contributed by atoms with Crippen molar-refractivity contribution in [2.75, 3.05) is 11.4 Å². The topological polar surface area (TPSA) is 28.4 Å². The number of nitrogens with zero attached hydrogens (tertiary/aromatic N) is 1. The summed E-state index contributed by atoms with van der Waals surface area (Å²) in [6.07, 6.45) is 5.70. The molecule has 2 aromatic rings. The summed E-state index contributed by atoms with van der Waals surface area (Å²) >= 11 is 0. The van der Waals surface area contributed by atoms with Crippen LogP contribution in [0, 0.1) is 0 Å². The van der Waals surface area contributed by atoms with E-state index in [4.69, 9.17) is 4.42 Å². The van der Waals surface area contributed by atoms with Crippen LogP contribution in [0.15, 0.2) is 41.0 Å². The zero-order valence-corrected chi connectivity index (χ0v) is 11.6. The predicted octanol–water partition coefficient (Wildman–Crippen LogP) is 3.09. The molecular formula is C17H20N2O. The van der Waals surface area contributed by atoms with Crippen LogP contribution in [0.1, 0.15) is 29.7 Å². The summed E-state index contributed by atoms with van der Waals surface area (Å²) in [5.41, 5.74) is 4.08. The largest absolute Gasteiger partial charge is 0.467 e. The first-order valence-electron chi connectivity index (χ1n) is 7.51. The number of benzene rings is 1. The van der Waals surface area contributed by atoms with Gasteiger partial charge in [-0.25, -0.2) is 0 Å². The van der Waals surface area contributed by atoms with Crippen LogP contribution < -0.4 is 10.2 Å². The van der Waals surface area contributed by atoms with Gasteiger partial charge >= 0.3 is 0 Å². The number of nitrogens with one attached hydrogen (secondary N) is 1. The standard InChI is InChI=1S/C17H20N2O/c1-2-4-17-14(3-1)7-8-19(17)11-16-9-13(12-20-16)10-18-15-5-6-15/h1-4,9,12,15,18H,5-8,10-11H2. The highest BCUT2D eigenvalue weighted by Crippen LogP contribution is 2.29. The van der Waals surface area contributed by atoms with Crippen molar-refractivity contribution in [1.82, 2.24) is 5.32 Å². The molecule has 1 aliphatic carbocycles. The molecule has 1 aromatic heterocycles. The van der Waals surface area contributed by atoms with E-state index in [0.717, 1.165) is 37.9 Å². The first-order chi connectivity index (χ1) is 9.88. The van der Waals surface area contributed by atoms with Crippen molar-refractivity contribution < 1.29 is 4.42 Å². The van der Waals surface area contributed by atoms with Gasteiger partial charge in [-0.15, -0.1) is 0 Å². The minimum atomic E-state index is 0.749. The number of anilines is 1. The van der Waals surface area contributed by atoms with Crippen LogP contribution >= 0.6 is 0 Å². The average molecular weight is 268 g/mol. The predicted molar refractivity (Wildman–Crippen MR) is 79.8 cm³/mol. The Bertz CT molecular complexity index is 601. The Morgan fingerprint density at radius 1 is 1.25 bits per heavy atom. The van der Waals surface area contributed by atoms with Gasteiger partial charge in [-0.05, 0) is 37.0 Å². The van der Waals surface area contributed by atoms with Gasteiger partial charge in [0.25, 0.3) is 0 Å². The quantitative estimate of drug-likeness (QED) is 0.903. The maximum Gasteiger partial charge on any atom is 0.123 e. The maximum absolute atomic E-state index is 5.71. The molecule has 0 unspecified atom stereocenters. The summed E-state index contributed by atoms with van der Waals surface area (Å²) in [5, 5.41) is 3.52. The monoisotopic (exact) mass is 268 g/mol. The molecule has 0 bridgehead atoms. The number of fused-ring (bicyclic) bond motifs is 1. The van der Waals surface area contributed by atoms with Crippen molar-refractivity contribution in [3.63, 3.8) is 0 Å². The minimum Gasteiger partial charge on any atom is -0.467 e. The fourth-order valence-corrected chi connectivity index (χ4v) is 2.91. The van der Waals surface area contributed by atoms with E-state index in [-0.39, 0.29) is 0 Å². The van der Waals surface area contributed by atoms with Crippen LogP contribution in [0.5, 0.6) is 0 Å². The normalized spacial score (nSPS) is 17.5. The van der Waals surface area contributed by atoms with Crippen molar-refractivity contribution in [2.24, 2.45) is 0 Å². The van der Waals surface area contributed by atoms with Gasteiger partial charge in [0.1, 0.15) is 5.76 Å². The molecule has 4 rings (SSSR count). The number of rotatable bonds is 5. The van der Waals surface area contributed by atoms with Gasteiger partial charge < -0.3 is 14.6 Å². The molecule has 2 aliphatic rings. The minimum absolute atomic E-state index is 0.749. The summed E-state index contributed by atoms with van der Waals surface area (Å²) in [7, 11) is 0. The van der Waals surface area contributed by atoms with Gasteiger partial charge in [0.05, 0.1) is 12.8 Å². The molecule has 3 heteroatoms. The van der Waals surface area contributed by atoms with Crippen LogP contribution in [-0.2, 0) is 19.5 Å². The van der Waals surface area contributed by atoms with Gasteiger partial charge in [-0.1, -0.05) is 18.2 Å². The first-order valence-corrected chi connectivity index (χ1v) is 7.51. The van der Waals surface area contributed by atoms with Crippen LogP contribution in [0.3, 0.4) is 0 Å². The number of para-hydroxylation sites is 1. The van der Waals surface area contributed by atoms with E-state index in [1.54, 1.807) is 0 Å². The van der Waals surface area contributed by atoms with Gasteiger partial charge in [0, 0.05) is 30.4 Å². The van der Waals surface area contributed by atoms with Crippen molar-refractivity contribution in [1.29, 1.82) is 0 Å². The Morgan fingerprint density at radius 3 is 3.05 bits per heavy atom. The molecule has 1 fully saturated rings. The third-order valence-electron chi connectivity index (χ3n) is 4.21. The lowest BCUT2D eigenvalue weighted by Gasteiger charge is -2.17. The second kappa shape index (κ2) is 4.98.